The maximum Gasteiger partial charge on any atom is 0.0713 e. The van der Waals surface area contributed by atoms with E-state index >= 15 is 0 Å². The Bertz CT molecular complexity index is 3880. The van der Waals surface area contributed by atoms with E-state index in [-0.39, 0.29) is 0 Å². The number of hydrogen-bond acceptors (Lipinski definition) is 1. The SMILES string of the molecule is c1ccc(-c2cc(-c3ccccc3)cc(N(c3ccc(-c4ccc5c(c4)C(c4ccccc4)(c4ccccc4)c4ccccc4-5)cc3)c3ccc4c(c3)-c3ccccc3C4(c3ccccc3)c3ccccc3)c2)cc1. The number of fused-ring (bicyclic) bond motifs is 6. The summed E-state index contributed by atoms with van der Waals surface area (Å²) in [5.74, 6) is 0. The zero-order chi connectivity index (χ0) is 49.8. The Morgan fingerprint density at radius 1 is 0.187 bits per heavy atom. The van der Waals surface area contributed by atoms with E-state index in [2.05, 4.69) is 314 Å². The molecular weight excluding hydrogens is 903 g/mol. The van der Waals surface area contributed by atoms with Crippen molar-refractivity contribution >= 4 is 17.1 Å². The fourth-order valence-electron chi connectivity index (χ4n) is 12.8. The molecule has 0 fully saturated rings. The Labute approximate surface area is 440 Å². The van der Waals surface area contributed by atoms with Gasteiger partial charge in [-0.1, -0.05) is 261 Å². The zero-order valence-corrected chi connectivity index (χ0v) is 41.4. The smallest absolute Gasteiger partial charge is 0.0713 e. The molecule has 1 heteroatoms. The highest BCUT2D eigenvalue weighted by atomic mass is 15.1. The van der Waals surface area contributed by atoms with Gasteiger partial charge in [-0.25, -0.2) is 0 Å². The van der Waals surface area contributed by atoms with Crippen molar-refractivity contribution in [3.05, 3.63) is 354 Å². The second-order valence-corrected chi connectivity index (χ2v) is 19.9. The van der Waals surface area contributed by atoms with Gasteiger partial charge in [-0.05, 0) is 149 Å². The van der Waals surface area contributed by atoms with Crippen LogP contribution in [0.25, 0.3) is 55.6 Å². The number of anilines is 3. The van der Waals surface area contributed by atoms with Gasteiger partial charge in [0.2, 0.25) is 0 Å². The molecule has 0 aromatic heterocycles. The summed E-state index contributed by atoms with van der Waals surface area (Å²) in [6.07, 6.45) is 0. The van der Waals surface area contributed by atoms with Crippen molar-refractivity contribution in [3.63, 3.8) is 0 Å². The van der Waals surface area contributed by atoms with Gasteiger partial charge in [0, 0.05) is 17.1 Å². The van der Waals surface area contributed by atoms with E-state index in [1.807, 2.05) is 0 Å². The molecule has 12 aromatic rings. The largest absolute Gasteiger partial charge is 0.310 e. The molecule has 0 radical (unpaired) electrons. The lowest BCUT2D eigenvalue weighted by atomic mass is 9.67. The Kier molecular flexibility index (Phi) is 10.7. The number of hydrogen-bond donors (Lipinski definition) is 0. The molecule has 2 aliphatic rings. The highest BCUT2D eigenvalue weighted by molar-refractivity contribution is 5.93. The van der Waals surface area contributed by atoms with Gasteiger partial charge >= 0.3 is 0 Å². The topological polar surface area (TPSA) is 3.24 Å². The van der Waals surface area contributed by atoms with Gasteiger partial charge in [0.1, 0.15) is 0 Å². The van der Waals surface area contributed by atoms with Crippen molar-refractivity contribution in [1.82, 2.24) is 0 Å². The Morgan fingerprint density at radius 3 is 1.04 bits per heavy atom. The minimum absolute atomic E-state index is 0.480. The summed E-state index contributed by atoms with van der Waals surface area (Å²) in [4.78, 5) is 2.46. The zero-order valence-electron chi connectivity index (χ0n) is 41.4. The van der Waals surface area contributed by atoms with E-state index in [1.54, 1.807) is 0 Å². The van der Waals surface area contributed by atoms with E-state index in [9.17, 15) is 0 Å². The van der Waals surface area contributed by atoms with Gasteiger partial charge in [0.05, 0.1) is 10.8 Å². The lowest BCUT2D eigenvalue weighted by Gasteiger charge is -2.34. The van der Waals surface area contributed by atoms with Gasteiger partial charge in [0.25, 0.3) is 0 Å². The number of nitrogens with zero attached hydrogens (tertiary/aromatic N) is 1. The van der Waals surface area contributed by atoms with Gasteiger partial charge < -0.3 is 4.90 Å². The quantitative estimate of drug-likeness (QED) is 0.132. The first-order valence-corrected chi connectivity index (χ1v) is 26.1. The fraction of sp³-hybridized carbons (Fsp3) is 0.0270. The van der Waals surface area contributed by atoms with Crippen LogP contribution in [0.1, 0.15) is 44.5 Å². The molecule has 0 heterocycles. The summed E-state index contributed by atoms with van der Waals surface area (Å²) in [6, 6.07) is 114. The van der Waals surface area contributed by atoms with Crippen LogP contribution in [0.15, 0.2) is 309 Å². The average molecular weight is 954 g/mol. The molecule has 75 heavy (non-hydrogen) atoms. The molecule has 0 spiro atoms. The van der Waals surface area contributed by atoms with Crippen LogP contribution in [0.5, 0.6) is 0 Å². The molecular formula is C74H51N. The third-order valence-electron chi connectivity index (χ3n) is 16.0. The molecule has 0 amide bonds. The lowest BCUT2D eigenvalue weighted by molar-refractivity contribution is 0.768. The summed E-state index contributed by atoms with van der Waals surface area (Å²) in [5, 5.41) is 0. The second-order valence-electron chi connectivity index (χ2n) is 19.9. The highest BCUT2D eigenvalue weighted by Gasteiger charge is 2.47. The molecule has 352 valence electrons. The van der Waals surface area contributed by atoms with Crippen molar-refractivity contribution in [2.75, 3.05) is 4.90 Å². The molecule has 0 atom stereocenters. The second kappa shape index (κ2) is 18.2. The van der Waals surface area contributed by atoms with Crippen LogP contribution in [-0.4, -0.2) is 0 Å². The number of benzene rings is 12. The van der Waals surface area contributed by atoms with E-state index in [4.69, 9.17) is 0 Å². The first-order chi connectivity index (χ1) is 37.2. The molecule has 0 N–H and O–H groups in total. The summed E-state index contributed by atoms with van der Waals surface area (Å²) < 4.78 is 0. The van der Waals surface area contributed by atoms with Crippen LogP contribution in [0.4, 0.5) is 17.1 Å². The molecule has 1 nitrogen and oxygen atoms in total. The Balaban J connectivity index is 0.963. The highest BCUT2D eigenvalue weighted by Crippen LogP contribution is 2.59. The Hall–Kier alpha value is -9.56. The summed E-state index contributed by atoms with van der Waals surface area (Å²) in [6.45, 7) is 0. The maximum atomic E-state index is 2.46. The molecule has 2 aliphatic carbocycles. The molecule has 14 rings (SSSR count). The van der Waals surface area contributed by atoms with Crippen LogP contribution < -0.4 is 4.90 Å². The predicted molar refractivity (Wildman–Crippen MR) is 312 cm³/mol. The van der Waals surface area contributed by atoms with Gasteiger partial charge in [-0.3, -0.25) is 0 Å². The third-order valence-corrected chi connectivity index (χ3v) is 16.0. The standard InChI is InChI=1S/C74H51N/c1-7-23-52(24-8-1)56-47-57(53-25-9-2-10-26-53)49-64(48-56)75(63-44-46-71-68(51-63)66-36-20-22-38-70(66)73(71,58-27-11-3-12-28-58)59-29-13-4-14-30-59)62-42-39-54(40-43-62)55-41-45-67-65-35-19-21-37-69(65)74(72(67)50-55,60-31-15-5-16-32-60)61-33-17-6-18-34-61/h1-51H. The van der Waals surface area contributed by atoms with Crippen molar-refractivity contribution in [2.24, 2.45) is 0 Å². The van der Waals surface area contributed by atoms with Gasteiger partial charge in [0.15, 0.2) is 0 Å². The first kappa shape index (κ1) is 44.2. The molecule has 12 aromatic carbocycles. The van der Waals surface area contributed by atoms with Gasteiger partial charge in [-0.15, -0.1) is 0 Å². The van der Waals surface area contributed by atoms with Crippen LogP contribution in [0, 0.1) is 0 Å². The molecule has 0 unspecified atom stereocenters. The monoisotopic (exact) mass is 953 g/mol. The van der Waals surface area contributed by atoms with Crippen molar-refractivity contribution < 1.29 is 0 Å². The fourth-order valence-corrected chi connectivity index (χ4v) is 12.8. The van der Waals surface area contributed by atoms with Crippen LogP contribution in [-0.2, 0) is 10.8 Å². The van der Waals surface area contributed by atoms with E-state index in [0.717, 1.165) is 33.8 Å². The van der Waals surface area contributed by atoms with Crippen molar-refractivity contribution in [3.8, 4) is 55.6 Å². The lowest BCUT2D eigenvalue weighted by Crippen LogP contribution is -2.28. The molecule has 0 bridgehead atoms. The first-order valence-electron chi connectivity index (χ1n) is 26.1. The molecule has 0 saturated heterocycles. The number of rotatable bonds is 10. The van der Waals surface area contributed by atoms with E-state index in [0.29, 0.717) is 0 Å². The van der Waals surface area contributed by atoms with Crippen LogP contribution >= 0.6 is 0 Å². The van der Waals surface area contributed by atoms with Crippen LogP contribution in [0.2, 0.25) is 0 Å². The minimum atomic E-state index is -0.497. The normalized spacial score (nSPS) is 13.3. The Morgan fingerprint density at radius 2 is 0.547 bits per heavy atom. The maximum absolute atomic E-state index is 2.46. The van der Waals surface area contributed by atoms with Crippen molar-refractivity contribution in [2.45, 2.75) is 10.8 Å². The molecule has 0 aliphatic heterocycles. The third kappa shape index (κ3) is 7.08. The summed E-state index contributed by atoms with van der Waals surface area (Å²) >= 11 is 0. The summed E-state index contributed by atoms with van der Waals surface area (Å²) in [7, 11) is 0. The van der Waals surface area contributed by atoms with E-state index in [1.165, 1.54) is 83.5 Å². The average Bonchev–Trinajstić information content (AvgIpc) is 3.97. The van der Waals surface area contributed by atoms with Gasteiger partial charge in [-0.2, -0.15) is 0 Å². The summed E-state index contributed by atoms with van der Waals surface area (Å²) in [5.41, 5.74) is 24.5. The molecule has 0 saturated carbocycles. The van der Waals surface area contributed by atoms with Crippen molar-refractivity contribution in [1.29, 1.82) is 0 Å². The van der Waals surface area contributed by atoms with E-state index < -0.39 is 10.8 Å². The minimum Gasteiger partial charge on any atom is -0.310 e. The predicted octanol–water partition coefficient (Wildman–Crippen LogP) is 18.9. The van der Waals surface area contributed by atoms with Crippen LogP contribution in [0.3, 0.4) is 0 Å².